The normalized spacial score (nSPS) is 19.3. The van der Waals surface area contributed by atoms with Crippen LogP contribution >= 0.6 is 11.3 Å². The van der Waals surface area contributed by atoms with E-state index in [4.69, 9.17) is 5.11 Å². The molecule has 0 aromatic carbocycles. The molecule has 2 N–H and O–H groups in total. The highest BCUT2D eigenvalue weighted by atomic mass is 32.1. The SMILES string of the molecule is C[C@@H](CO)Nc1nnc(C2CCCC2)s1. The van der Waals surface area contributed by atoms with Crippen LogP contribution < -0.4 is 5.32 Å². The van der Waals surface area contributed by atoms with Gasteiger partial charge in [0.1, 0.15) is 5.01 Å². The van der Waals surface area contributed by atoms with Crippen LogP contribution in [0.5, 0.6) is 0 Å². The predicted octanol–water partition coefficient (Wildman–Crippen LogP) is 1.99. The van der Waals surface area contributed by atoms with Gasteiger partial charge < -0.3 is 10.4 Å². The summed E-state index contributed by atoms with van der Waals surface area (Å²) in [5, 5.41) is 22.3. The third-order valence-electron chi connectivity index (χ3n) is 2.79. The molecule has 15 heavy (non-hydrogen) atoms. The fourth-order valence-corrected chi connectivity index (χ4v) is 2.91. The van der Waals surface area contributed by atoms with E-state index < -0.39 is 0 Å². The van der Waals surface area contributed by atoms with E-state index >= 15 is 0 Å². The molecule has 0 aliphatic heterocycles. The Hall–Kier alpha value is -0.680. The average Bonchev–Trinajstić information content (AvgIpc) is 2.85. The number of nitrogens with one attached hydrogen (secondary N) is 1. The van der Waals surface area contributed by atoms with Gasteiger partial charge in [0.15, 0.2) is 0 Å². The van der Waals surface area contributed by atoms with E-state index in [1.54, 1.807) is 11.3 Å². The van der Waals surface area contributed by atoms with Gasteiger partial charge in [-0.2, -0.15) is 0 Å². The first kappa shape index (κ1) is 10.8. The summed E-state index contributed by atoms with van der Waals surface area (Å²) in [6, 6.07) is 0.0504. The lowest BCUT2D eigenvalue weighted by molar-refractivity contribution is 0.281. The van der Waals surface area contributed by atoms with Crippen molar-refractivity contribution in [2.75, 3.05) is 11.9 Å². The standard InChI is InChI=1S/C10H17N3OS/c1-7(6-14)11-10-13-12-9(15-10)8-4-2-3-5-8/h7-8,14H,2-6H2,1H3,(H,11,13)/t7-/m0/s1. The number of nitrogens with zero attached hydrogens (tertiary/aromatic N) is 2. The molecule has 1 fully saturated rings. The molecule has 0 amide bonds. The number of aromatic nitrogens is 2. The Labute approximate surface area is 93.7 Å². The molecule has 0 bridgehead atoms. The molecule has 2 rings (SSSR count). The van der Waals surface area contributed by atoms with Crippen LogP contribution in [-0.4, -0.2) is 28.0 Å². The quantitative estimate of drug-likeness (QED) is 0.826. The number of anilines is 1. The summed E-state index contributed by atoms with van der Waals surface area (Å²) < 4.78 is 0. The molecule has 1 heterocycles. The molecule has 5 heteroatoms. The number of aliphatic hydroxyl groups is 1. The zero-order valence-electron chi connectivity index (χ0n) is 8.94. The van der Waals surface area contributed by atoms with Gasteiger partial charge in [0.25, 0.3) is 0 Å². The molecule has 84 valence electrons. The maximum atomic E-state index is 8.91. The summed E-state index contributed by atoms with van der Waals surface area (Å²) >= 11 is 1.63. The van der Waals surface area contributed by atoms with E-state index in [0.29, 0.717) is 5.92 Å². The minimum Gasteiger partial charge on any atom is -0.394 e. The van der Waals surface area contributed by atoms with Gasteiger partial charge in [-0.1, -0.05) is 24.2 Å². The van der Waals surface area contributed by atoms with Gasteiger partial charge in [0, 0.05) is 12.0 Å². The van der Waals surface area contributed by atoms with Crippen molar-refractivity contribution in [1.82, 2.24) is 10.2 Å². The summed E-state index contributed by atoms with van der Waals surface area (Å²) in [7, 11) is 0. The van der Waals surface area contributed by atoms with Crippen molar-refractivity contribution in [3.05, 3.63) is 5.01 Å². The smallest absolute Gasteiger partial charge is 0.205 e. The first-order chi connectivity index (χ1) is 7.29. The Morgan fingerprint density at radius 2 is 2.20 bits per heavy atom. The van der Waals surface area contributed by atoms with Crippen molar-refractivity contribution in [1.29, 1.82) is 0 Å². The van der Waals surface area contributed by atoms with E-state index in [1.165, 1.54) is 25.7 Å². The number of hydrogen-bond donors (Lipinski definition) is 2. The lowest BCUT2D eigenvalue weighted by Crippen LogP contribution is -2.18. The minimum absolute atomic E-state index is 0.0504. The second-order valence-electron chi connectivity index (χ2n) is 4.15. The predicted molar refractivity (Wildman–Crippen MR) is 61.3 cm³/mol. The van der Waals surface area contributed by atoms with Crippen LogP contribution in [0.4, 0.5) is 5.13 Å². The molecular weight excluding hydrogens is 210 g/mol. The maximum absolute atomic E-state index is 8.91. The highest BCUT2D eigenvalue weighted by Gasteiger charge is 2.21. The van der Waals surface area contributed by atoms with Gasteiger partial charge in [-0.05, 0) is 19.8 Å². The summed E-state index contributed by atoms with van der Waals surface area (Å²) in [4.78, 5) is 0. The molecule has 0 saturated heterocycles. The lowest BCUT2D eigenvalue weighted by Gasteiger charge is -2.07. The highest BCUT2D eigenvalue weighted by molar-refractivity contribution is 7.15. The zero-order valence-corrected chi connectivity index (χ0v) is 9.76. The minimum atomic E-state index is 0.0504. The van der Waals surface area contributed by atoms with E-state index in [-0.39, 0.29) is 12.6 Å². The van der Waals surface area contributed by atoms with Crippen molar-refractivity contribution < 1.29 is 5.11 Å². The van der Waals surface area contributed by atoms with Crippen molar-refractivity contribution >= 4 is 16.5 Å². The van der Waals surface area contributed by atoms with E-state index in [0.717, 1.165) is 10.1 Å². The van der Waals surface area contributed by atoms with Crippen LogP contribution in [0.2, 0.25) is 0 Å². The Balaban J connectivity index is 1.97. The molecule has 1 aromatic rings. The van der Waals surface area contributed by atoms with Crippen molar-refractivity contribution in [2.45, 2.75) is 44.6 Å². The van der Waals surface area contributed by atoms with Crippen LogP contribution in [0.3, 0.4) is 0 Å². The second kappa shape index (κ2) is 4.90. The van der Waals surface area contributed by atoms with Gasteiger partial charge in [0.05, 0.1) is 6.61 Å². The Morgan fingerprint density at radius 1 is 1.47 bits per heavy atom. The second-order valence-corrected chi connectivity index (χ2v) is 5.16. The van der Waals surface area contributed by atoms with Crippen molar-refractivity contribution in [3.8, 4) is 0 Å². The Bertz CT molecular complexity index is 309. The Kier molecular flexibility index (Phi) is 3.53. The molecular formula is C10H17N3OS. The molecule has 0 radical (unpaired) electrons. The molecule has 4 nitrogen and oxygen atoms in total. The lowest BCUT2D eigenvalue weighted by atomic mass is 10.1. The van der Waals surface area contributed by atoms with Crippen LogP contribution in [0, 0.1) is 0 Å². The van der Waals surface area contributed by atoms with Gasteiger partial charge >= 0.3 is 0 Å². The molecule has 1 aromatic heterocycles. The fourth-order valence-electron chi connectivity index (χ4n) is 1.89. The Morgan fingerprint density at radius 3 is 2.87 bits per heavy atom. The van der Waals surface area contributed by atoms with Gasteiger partial charge in [0.2, 0.25) is 5.13 Å². The van der Waals surface area contributed by atoms with Gasteiger partial charge in [-0.25, -0.2) is 0 Å². The third kappa shape index (κ3) is 2.66. The molecule has 1 aliphatic carbocycles. The number of rotatable bonds is 4. The van der Waals surface area contributed by atoms with Crippen molar-refractivity contribution in [3.63, 3.8) is 0 Å². The maximum Gasteiger partial charge on any atom is 0.205 e. The van der Waals surface area contributed by atoms with Crippen LogP contribution in [0.15, 0.2) is 0 Å². The topological polar surface area (TPSA) is 58.0 Å². The first-order valence-electron chi connectivity index (χ1n) is 5.50. The number of aliphatic hydroxyl groups excluding tert-OH is 1. The summed E-state index contributed by atoms with van der Waals surface area (Å²) in [5.41, 5.74) is 0. The van der Waals surface area contributed by atoms with Gasteiger partial charge in [-0.15, -0.1) is 10.2 Å². The van der Waals surface area contributed by atoms with Crippen molar-refractivity contribution in [2.24, 2.45) is 0 Å². The van der Waals surface area contributed by atoms with E-state index in [2.05, 4.69) is 15.5 Å². The van der Waals surface area contributed by atoms with Crippen LogP contribution in [0.25, 0.3) is 0 Å². The third-order valence-corrected chi connectivity index (χ3v) is 3.81. The van der Waals surface area contributed by atoms with E-state index in [1.807, 2.05) is 6.92 Å². The highest BCUT2D eigenvalue weighted by Crippen LogP contribution is 2.36. The summed E-state index contributed by atoms with van der Waals surface area (Å²) in [6.07, 6.45) is 5.15. The van der Waals surface area contributed by atoms with Gasteiger partial charge in [-0.3, -0.25) is 0 Å². The zero-order chi connectivity index (χ0) is 10.7. The molecule has 1 aliphatic rings. The molecule has 1 atom stereocenters. The summed E-state index contributed by atoms with van der Waals surface area (Å²) in [6.45, 7) is 2.05. The first-order valence-corrected chi connectivity index (χ1v) is 6.32. The summed E-state index contributed by atoms with van der Waals surface area (Å²) in [5.74, 6) is 0.627. The fraction of sp³-hybridized carbons (Fsp3) is 0.800. The van der Waals surface area contributed by atoms with Crippen LogP contribution in [-0.2, 0) is 0 Å². The number of hydrogen-bond acceptors (Lipinski definition) is 5. The average molecular weight is 227 g/mol. The monoisotopic (exact) mass is 227 g/mol. The molecule has 0 unspecified atom stereocenters. The molecule has 0 spiro atoms. The largest absolute Gasteiger partial charge is 0.394 e. The van der Waals surface area contributed by atoms with Crippen LogP contribution in [0.1, 0.15) is 43.5 Å². The van der Waals surface area contributed by atoms with E-state index in [9.17, 15) is 0 Å². The molecule has 1 saturated carbocycles.